The third kappa shape index (κ3) is 4.20. The topological polar surface area (TPSA) is 37.7 Å². The van der Waals surface area contributed by atoms with Crippen molar-refractivity contribution in [2.75, 3.05) is 44.2 Å². The number of anilines is 1. The van der Waals surface area contributed by atoms with E-state index < -0.39 is 0 Å². The number of ether oxygens (including phenoxy) is 1. The van der Waals surface area contributed by atoms with Crippen LogP contribution in [0, 0.1) is 0 Å². The molecule has 28 heavy (non-hydrogen) atoms. The maximum Gasteiger partial charge on any atom is 0.250 e. The summed E-state index contributed by atoms with van der Waals surface area (Å²) in [6, 6.07) is 20.0. The van der Waals surface area contributed by atoms with E-state index in [0.717, 1.165) is 55.8 Å². The summed E-state index contributed by atoms with van der Waals surface area (Å²) in [5.74, 6) is 0.861. The highest BCUT2D eigenvalue weighted by Crippen LogP contribution is 2.20. The number of aromatic nitrogens is 1. The number of nitrogens with zero attached hydrogens (tertiary/aromatic N) is 3. The smallest absolute Gasteiger partial charge is 0.250 e. The Balaban J connectivity index is 1.23. The summed E-state index contributed by atoms with van der Waals surface area (Å²) in [6.07, 6.45) is 1.01. The van der Waals surface area contributed by atoms with Crippen LogP contribution in [0.25, 0.3) is 10.9 Å². The molecule has 0 radical (unpaired) electrons. The van der Waals surface area contributed by atoms with E-state index in [2.05, 4.69) is 40.1 Å². The highest BCUT2D eigenvalue weighted by atomic mass is 16.5. The third-order valence-corrected chi connectivity index (χ3v) is 5.48. The second kappa shape index (κ2) is 8.48. The zero-order valence-electron chi connectivity index (χ0n) is 16.4. The van der Waals surface area contributed by atoms with Gasteiger partial charge in [-0.1, -0.05) is 18.2 Å². The highest BCUT2D eigenvalue weighted by molar-refractivity contribution is 5.80. The molecule has 5 nitrogen and oxygen atoms in total. The molecule has 1 aliphatic rings. The Bertz CT molecular complexity index is 976. The third-order valence-electron chi connectivity index (χ3n) is 5.48. The molecule has 0 spiro atoms. The normalized spacial score (nSPS) is 15.1. The molecular formula is C23H27N3O2. The molecule has 4 rings (SSSR count). The molecule has 3 aromatic rings. The molecule has 0 bridgehead atoms. The number of hydrogen-bond donors (Lipinski definition) is 0. The van der Waals surface area contributed by atoms with Gasteiger partial charge in [0.15, 0.2) is 0 Å². The molecule has 1 aliphatic heterocycles. The van der Waals surface area contributed by atoms with Gasteiger partial charge in [0.1, 0.15) is 5.75 Å². The molecule has 2 heterocycles. The second-order valence-electron chi connectivity index (χ2n) is 7.32. The fourth-order valence-electron chi connectivity index (χ4n) is 3.80. The highest BCUT2D eigenvalue weighted by Gasteiger charge is 2.16. The molecule has 0 atom stereocenters. The Hall–Kier alpha value is -2.79. The number of pyridine rings is 1. The second-order valence-corrected chi connectivity index (χ2v) is 7.32. The Kier molecular flexibility index (Phi) is 5.63. The number of piperazine rings is 1. The molecule has 1 fully saturated rings. The lowest BCUT2D eigenvalue weighted by Gasteiger charge is -2.36. The first-order valence-electron chi connectivity index (χ1n) is 9.96. The van der Waals surface area contributed by atoms with E-state index in [-0.39, 0.29) is 5.56 Å². The molecule has 0 amide bonds. The molecule has 0 unspecified atom stereocenters. The molecule has 2 aromatic carbocycles. The van der Waals surface area contributed by atoms with Crippen LogP contribution in [0.2, 0.25) is 0 Å². The van der Waals surface area contributed by atoms with Crippen molar-refractivity contribution in [2.24, 2.45) is 7.05 Å². The van der Waals surface area contributed by atoms with Crippen LogP contribution >= 0.6 is 0 Å². The Morgan fingerprint density at radius 3 is 2.50 bits per heavy atom. The van der Waals surface area contributed by atoms with Crippen molar-refractivity contribution >= 4 is 16.6 Å². The van der Waals surface area contributed by atoms with Crippen LogP contribution in [0.5, 0.6) is 5.75 Å². The van der Waals surface area contributed by atoms with Gasteiger partial charge in [-0.25, -0.2) is 0 Å². The average molecular weight is 377 g/mol. The molecule has 0 saturated carbocycles. The van der Waals surface area contributed by atoms with E-state index in [1.807, 2.05) is 24.3 Å². The van der Waals surface area contributed by atoms with Crippen molar-refractivity contribution < 1.29 is 4.74 Å². The quantitative estimate of drug-likeness (QED) is 0.619. The minimum Gasteiger partial charge on any atom is -0.494 e. The number of aryl methyl sites for hydroxylation is 1. The largest absolute Gasteiger partial charge is 0.494 e. The first kappa shape index (κ1) is 18.6. The summed E-state index contributed by atoms with van der Waals surface area (Å²) < 4.78 is 7.60. The van der Waals surface area contributed by atoms with Crippen LogP contribution in [0.4, 0.5) is 5.69 Å². The van der Waals surface area contributed by atoms with Crippen molar-refractivity contribution in [3.8, 4) is 5.75 Å². The summed E-state index contributed by atoms with van der Waals surface area (Å²) >= 11 is 0. The molecule has 1 saturated heterocycles. The summed E-state index contributed by atoms with van der Waals surface area (Å²) in [5, 5.41) is 1.02. The van der Waals surface area contributed by atoms with Gasteiger partial charge >= 0.3 is 0 Å². The minimum atomic E-state index is 0.00790. The minimum absolute atomic E-state index is 0.00790. The SMILES string of the molecule is Cn1c(=O)ccc2cc(OCCCN3CCN(c4ccccc4)CC3)ccc21. The van der Waals surface area contributed by atoms with Crippen LogP contribution in [0.3, 0.4) is 0 Å². The molecule has 1 aromatic heterocycles. The van der Waals surface area contributed by atoms with Crippen LogP contribution in [-0.2, 0) is 7.05 Å². The van der Waals surface area contributed by atoms with E-state index >= 15 is 0 Å². The van der Waals surface area contributed by atoms with Crippen LogP contribution in [0.15, 0.2) is 65.5 Å². The van der Waals surface area contributed by atoms with Gasteiger partial charge in [0, 0.05) is 56.9 Å². The van der Waals surface area contributed by atoms with Crippen molar-refractivity contribution in [1.82, 2.24) is 9.47 Å². The molecular weight excluding hydrogens is 350 g/mol. The zero-order chi connectivity index (χ0) is 19.3. The van der Waals surface area contributed by atoms with Crippen LogP contribution in [0.1, 0.15) is 6.42 Å². The van der Waals surface area contributed by atoms with E-state index in [1.165, 1.54) is 5.69 Å². The van der Waals surface area contributed by atoms with Gasteiger partial charge in [-0.15, -0.1) is 0 Å². The lowest BCUT2D eigenvalue weighted by molar-refractivity contribution is 0.225. The van der Waals surface area contributed by atoms with Crippen molar-refractivity contribution in [3.63, 3.8) is 0 Å². The van der Waals surface area contributed by atoms with E-state index in [1.54, 1.807) is 17.7 Å². The Morgan fingerprint density at radius 2 is 1.71 bits per heavy atom. The van der Waals surface area contributed by atoms with Gasteiger partial charge in [0.05, 0.1) is 12.1 Å². The Morgan fingerprint density at radius 1 is 0.929 bits per heavy atom. The van der Waals surface area contributed by atoms with Gasteiger partial charge in [-0.3, -0.25) is 9.69 Å². The zero-order valence-corrected chi connectivity index (χ0v) is 16.4. The summed E-state index contributed by atoms with van der Waals surface area (Å²) in [4.78, 5) is 16.7. The number of hydrogen-bond acceptors (Lipinski definition) is 4. The molecule has 0 N–H and O–H groups in total. The van der Waals surface area contributed by atoms with Crippen LogP contribution in [-0.4, -0.2) is 48.8 Å². The van der Waals surface area contributed by atoms with Gasteiger partial charge in [0.2, 0.25) is 0 Å². The number of fused-ring (bicyclic) bond motifs is 1. The number of para-hydroxylation sites is 1. The summed E-state index contributed by atoms with van der Waals surface area (Å²) in [6.45, 7) is 6.11. The first-order chi connectivity index (χ1) is 13.7. The first-order valence-corrected chi connectivity index (χ1v) is 9.96. The summed E-state index contributed by atoms with van der Waals surface area (Å²) in [5.41, 5.74) is 2.25. The molecule has 146 valence electrons. The van der Waals surface area contributed by atoms with Crippen molar-refractivity contribution in [1.29, 1.82) is 0 Å². The fraction of sp³-hybridized carbons (Fsp3) is 0.348. The number of benzene rings is 2. The van der Waals surface area contributed by atoms with Gasteiger partial charge in [0.25, 0.3) is 5.56 Å². The fourth-order valence-corrected chi connectivity index (χ4v) is 3.80. The van der Waals surface area contributed by atoms with Gasteiger partial charge < -0.3 is 14.2 Å². The standard InChI is InChI=1S/C23H27N3O2/c1-24-22-10-9-21(18-19(22)8-11-23(24)27)28-17-5-12-25-13-15-26(16-14-25)20-6-3-2-4-7-20/h2-4,6-11,18H,5,12-17H2,1H3. The Labute approximate surface area is 165 Å². The van der Waals surface area contributed by atoms with E-state index in [4.69, 9.17) is 4.74 Å². The predicted molar refractivity (Wildman–Crippen MR) is 114 cm³/mol. The van der Waals surface area contributed by atoms with Crippen molar-refractivity contribution in [2.45, 2.75) is 6.42 Å². The van der Waals surface area contributed by atoms with E-state index in [0.29, 0.717) is 6.61 Å². The molecule has 5 heteroatoms. The van der Waals surface area contributed by atoms with Gasteiger partial charge in [-0.05, 0) is 42.8 Å². The van der Waals surface area contributed by atoms with E-state index in [9.17, 15) is 4.79 Å². The average Bonchev–Trinajstić information content (AvgIpc) is 2.75. The number of rotatable bonds is 6. The summed E-state index contributed by atoms with van der Waals surface area (Å²) in [7, 11) is 1.79. The van der Waals surface area contributed by atoms with Crippen molar-refractivity contribution in [3.05, 3.63) is 71.0 Å². The molecule has 0 aliphatic carbocycles. The van der Waals surface area contributed by atoms with Gasteiger partial charge in [-0.2, -0.15) is 0 Å². The lowest BCUT2D eigenvalue weighted by atomic mass is 10.2. The maximum atomic E-state index is 11.7. The monoisotopic (exact) mass is 377 g/mol. The van der Waals surface area contributed by atoms with Crippen LogP contribution < -0.4 is 15.2 Å². The predicted octanol–water partition coefficient (Wildman–Crippen LogP) is 3.13. The maximum absolute atomic E-state index is 11.7. The lowest BCUT2D eigenvalue weighted by Crippen LogP contribution is -2.46.